The number of aromatic nitrogens is 3. The highest BCUT2D eigenvalue weighted by atomic mass is 32.2. The van der Waals surface area contributed by atoms with Gasteiger partial charge in [-0.2, -0.15) is 9.37 Å². The van der Waals surface area contributed by atoms with E-state index < -0.39 is 20.5 Å². The number of nitrogens with zero attached hydrogens (tertiary/aromatic N) is 3. The summed E-state index contributed by atoms with van der Waals surface area (Å²) in [7, 11) is -0.902. The maximum Gasteiger partial charge on any atom is 0.216 e. The van der Waals surface area contributed by atoms with Gasteiger partial charge < -0.3 is 9.47 Å². The predicted octanol–water partition coefficient (Wildman–Crippen LogP) is 3.12. The van der Waals surface area contributed by atoms with Crippen molar-refractivity contribution in [3.8, 4) is 22.9 Å². The topological polar surface area (TPSA) is 82.8 Å². The lowest BCUT2D eigenvalue weighted by atomic mass is 10.2. The quantitative estimate of drug-likeness (QED) is 0.634. The molecule has 0 atom stereocenters. The van der Waals surface area contributed by atoms with Crippen LogP contribution < -0.4 is 9.47 Å². The molecular weight excluding hydrogens is 373 g/mol. The van der Waals surface area contributed by atoms with Gasteiger partial charge in [0.25, 0.3) is 0 Å². The molecule has 0 saturated carbocycles. The second-order valence-electron chi connectivity index (χ2n) is 6.91. The molecule has 0 saturated heterocycles. The molecule has 27 heavy (non-hydrogen) atoms. The summed E-state index contributed by atoms with van der Waals surface area (Å²) in [5.74, 6) is -0.403. The van der Waals surface area contributed by atoms with E-state index in [-0.39, 0.29) is 16.5 Å². The first-order valence-electron chi connectivity index (χ1n) is 8.10. The molecule has 0 unspecified atom stereocenters. The fraction of sp³-hybridized carbons (Fsp3) is 0.333. The van der Waals surface area contributed by atoms with Crippen molar-refractivity contribution in [3.63, 3.8) is 0 Å². The number of methoxy groups -OCH3 is 2. The Labute approximate surface area is 156 Å². The Morgan fingerprint density at radius 2 is 1.81 bits per heavy atom. The molecule has 0 aliphatic heterocycles. The van der Waals surface area contributed by atoms with Crippen molar-refractivity contribution >= 4 is 15.5 Å². The smallest absolute Gasteiger partial charge is 0.216 e. The zero-order valence-electron chi connectivity index (χ0n) is 15.6. The van der Waals surface area contributed by atoms with Gasteiger partial charge in [-0.05, 0) is 20.8 Å². The molecule has 0 spiro atoms. The van der Waals surface area contributed by atoms with Crippen LogP contribution in [0.3, 0.4) is 0 Å². The zero-order chi connectivity index (χ0) is 20.0. The first kappa shape index (κ1) is 19.1. The van der Waals surface area contributed by atoms with E-state index in [9.17, 15) is 12.8 Å². The number of rotatable bonds is 4. The fourth-order valence-corrected chi connectivity index (χ4v) is 3.93. The molecule has 144 valence electrons. The Morgan fingerprint density at radius 1 is 1.11 bits per heavy atom. The van der Waals surface area contributed by atoms with E-state index >= 15 is 0 Å². The summed E-state index contributed by atoms with van der Waals surface area (Å²) in [5, 5.41) is 0. The van der Waals surface area contributed by atoms with Crippen LogP contribution in [-0.4, -0.2) is 41.8 Å². The minimum Gasteiger partial charge on any atom is -0.495 e. The predicted molar refractivity (Wildman–Crippen MR) is 98.4 cm³/mol. The Morgan fingerprint density at radius 3 is 2.41 bits per heavy atom. The van der Waals surface area contributed by atoms with E-state index in [1.54, 1.807) is 31.2 Å². The molecule has 0 N–H and O–H groups in total. The number of hydrogen-bond donors (Lipinski definition) is 0. The molecule has 3 rings (SSSR count). The molecule has 0 aliphatic carbocycles. The first-order chi connectivity index (χ1) is 12.6. The number of hydrogen-bond acceptors (Lipinski definition) is 6. The van der Waals surface area contributed by atoms with E-state index in [1.165, 1.54) is 38.7 Å². The molecule has 9 heteroatoms. The standard InChI is InChI=1S/C18H20FN3O4S/c1-18(2,3)27(23,24)14-10-22-12(9-20-16(22)8-13(14)25-4)11-6-15(19)21-17(7-11)26-5/h6-10H,1-5H3. The van der Waals surface area contributed by atoms with Crippen LogP contribution in [-0.2, 0) is 9.84 Å². The highest BCUT2D eigenvalue weighted by molar-refractivity contribution is 7.92. The van der Waals surface area contributed by atoms with Gasteiger partial charge in [-0.3, -0.25) is 4.40 Å². The van der Waals surface area contributed by atoms with Gasteiger partial charge in [0.15, 0.2) is 9.84 Å². The van der Waals surface area contributed by atoms with Gasteiger partial charge in [0.1, 0.15) is 16.3 Å². The maximum absolute atomic E-state index is 13.8. The molecule has 0 aromatic carbocycles. The van der Waals surface area contributed by atoms with E-state index in [2.05, 4.69) is 9.97 Å². The third kappa shape index (κ3) is 3.23. The highest BCUT2D eigenvalue weighted by Crippen LogP contribution is 2.34. The second kappa shape index (κ2) is 6.49. The van der Waals surface area contributed by atoms with Crippen molar-refractivity contribution in [2.45, 2.75) is 30.4 Å². The van der Waals surface area contributed by atoms with Gasteiger partial charge in [0, 0.05) is 30.0 Å². The molecule has 3 aromatic heterocycles. The van der Waals surface area contributed by atoms with Gasteiger partial charge >= 0.3 is 0 Å². The summed E-state index contributed by atoms with van der Waals surface area (Å²) >= 11 is 0. The van der Waals surface area contributed by atoms with E-state index in [0.29, 0.717) is 16.9 Å². The Kier molecular flexibility index (Phi) is 4.59. The number of pyridine rings is 2. The molecule has 3 heterocycles. The fourth-order valence-electron chi connectivity index (χ4n) is 2.62. The van der Waals surface area contributed by atoms with Gasteiger partial charge in [0.2, 0.25) is 11.8 Å². The van der Waals surface area contributed by atoms with Crippen LogP contribution in [0.5, 0.6) is 11.6 Å². The minimum atomic E-state index is -3.69. The Balaban J connectivity index is 2.31. The second-order valence-corrected chi connectivity index (χ2v) is 9.59. The largest absolute Gasteiger partial charge is 0.495 e. The zero-order valence-corrected chi connectivity index (χ0v) is 16.5. The van der Waals surface area contributed by atoms with Crippen molar-refractivity contribution in [1.29, 1.82) is 0 Å². The van der Waals surface area contributed by atoms with Gasteiger partial charge in [-0.25, -0.2) is 13.4 Å². The van der Waals surface area contributed by atoms with Crippen molar-refractivity contribution < 1.29 is 22.3 Å². The molecule has 0 fully saturated rings. The minimum absolute atomic E-state index is 0.0331. The summed E-state index contributed by atoms with van der Waals surface area (Å²) in [6.45, 7) is 4.84. The molecule has 0 bridgehead atoms. The van der Waals surface area contributed by atoms with Crippen LogP contribution >= 0.6 is 0 Å². The highest BCUT2D eigenvalue weighted by Gasteiger charge is 2.34. The number of imidazole rings is 1. The molecule has 0 amide bonds. The number of ether oxygens (including phenoxy) is 2. The first-order valence-corrected chi connectivity index (χ1v) is 9.58. The number of fused-ring (bicyclic) bond motifs is 1. The molecule has 0 radical (unpaired) electrons. The molecular formula is C18H20FN3O4S. The van der Waals surface area contributed by atoms with E-state index in [4.69, 9.17) is 9.47 Å². The summed E-state index contributed by atoms with van der Waals surface area (Å²) in [6, 6.07) is 4.32. The van der Waals surface area contributed by atoms with Crippen LogP contribution in [0.25, 0.3) is 16.9 Å². The van der Waals surface area contributed by atoms with Crippen LogP contribution in [0.1, 0.15) is 20.8 Å². The van der Waals surface area contributed by atoms with E-state index in [1.807, 2.05) is 0 Å². The Hall–Kier alpha value is -2.68. The lowest BCUT2D eigenvalue weighted by molar-refractivity contribution is 0.387. The van der Waals surface area contributed by atoms with E-state index in [0.717, 1.165) is 0 Å². The van der Waals surface area contributed by atoms with Crippen molar-refractivity contribution in [2.24, 2.45) is 0 Å². The van der Waals surface area contributed by atoms with Crippen molar-refractivity contribution in [3.05, 3.63) is 36.5 Å². The lowest BCUT2D eigenvalue weighted by Crippen LogP contribution is -2.28. The molecule has 7 nitrogen and oxygen atoms in total. The van der Waals surface area contributed by atoms with Crippen molar-refractivity contribution in [1.82, 2.24) is 14.4 Å². The summed E-state index contributed by atoms with van der Waals surface area (Å²) in [6.07, 6.45) is 2.97. The average Bonchev–Trinajstić information content (AvgIpc) is 3.01. The van der Waals surface area contributed by atoms with Gasteiger partial charge in [-0.15, -0.1) is 0 Å². The van der Waals surface area contributed by atoms with Crippen molar-refractivity contribution in [2.75, 3.05) is 14.2 Å². The van der Waals surface area contributed by atoms with Crippen LogP contribution in [0.4, 0.5) is 4.39 Å². The monoisotopic (exact) mass is 393 g/mol. The third-order valence-corrected chi connectivity index (χ3v) is 6.66. The number of sulfone groups is 1. The lowest BCUT2D eigenvalue weighted by Gasteiger charge is -2.21. The van der Waals surface area contributed by atoms with Gasteiger partial charge in [0.05, 0.1) is 30.9 Å². The van der Waals surface area contributed by atoms with Crippen LogP contribution in [0.15, 0.2) is 35.5 Å². The van der Waals surface area contributed by atoms with Crippen LogP contribution in [0.2, 0.25) is 0 Å². The summed E-state index contributed by atoms with van der Waals surface area (Å²) < 4.78 is 50.7. The summed E-state index contributed by atoms with van der Waals surface area (Å²) in [4.78, 5) is 7.94. The normalized spacial score (nSPS) is 12.4. The maximum atomic E-state index is 13.8. The Bertz CT molecular complexity index is 1120. The SMILES string of the molecule is COc1cc(-c2cnc3cc(OC)c(S(=O)(=O)C(C)(C)C)cn23)cc(F)n1. The van der Waals surface area contributed by atoms with Crippen LogP contribution in [0, 0.1) is 5.95 Å². The molecule has 3 aromatic rings. The average molecular weight is 393 g/mol. The summed E-state index contributed by atoms with van der Waals surface area (Å²) in [5.41, 5.74) is 1.42. The molecule has 0 aliphatic rings. The van der Waals surface area contributed by atoms with Gasteiger partial charge in [-0.1, -0.05) is 0 Å². The number of halogens is 1. The third-order valence-electron chi connectivity index (χ3n) is 4.17.